The third-order valence-electron chi connectivity index (χ3n) is 2.30. The number of rotatable bonds is 2. The van der Waals surface area contributed by atoms with Gasteiger partial charge in [-0.25, -0.2) is 0 Å². The molecule has 68 valence electrons. The molecule has 0 saturated carbocycles. The van der Waals surface area contributed by atoms with Gasteiger partial charge in [-0.05, 0) is 17.7 Å². The Bertz CT molecular complexity index is 318. The van der Waals surface area contributed by atoms with Crippen molar-refractivity contribution in [1.82, 2.24) is 4.90 Å². The van der Waals surface area contributed by atoms with Crippen LogP contribution < -0.4 is 5.73 Å². The van der Waals surface area contributed by atoms with Crippen LogP contribution >= 0.6 is 0 Å². The van der Waals surface area contributed by atoms with Crippen LogP contribution in [-0.2, 0) is 11.3 Å². The highest BCUT2D eigenvalue weighted by Crippen LogP contribution is 2.14. The molecule has 0 aromatic heterocycles. The van der Waals surface area contributed by atoms with Crippen LogP contribution in [0.2, 0.25) is 0 Å². The van der Waals surface area contributed by atoms with Gasteiger partial charge in [-0.1, -0.05) is 12.1 Å². The minimum Gasteiger partial charge on any atom is -0.399 e. The molecule has 1 aromatic carbocycles. The van der Waals surface area contributed by atoms with Crippen LogP contribution in [0, 0.1) is 0 Å². The molecule has 1 fully saturated rings. The maximum Gasteiger partial charge on any atom is 0.224 e. The Balaban J connectivity index is 2.01. The van der Waals surface area contributed by atoms with Crippen LogP contribution in [0.15, 0.2) is 24.3 Å². The summed E-state index contributed by atoms with van der Waals surface area (Å²) in [5, 5.41) is 0. The van der Waals surface area contributed by atoms with E-state index in [4.69, 9.17) is 5.73 Å². The molecule has 0 unspecified atom stereocenters. The van der Waals surface area contributed by atoms with Crippen LogP contribution in [0.1, 0.15) is 12.0 Å². The molecule has 2 rings (SSSR count). The third kappa shape index (κ3) is 1.64. The van der Waals surface area contributed by atoms with Gasteiger partial charge in [0.2, 0.25) is 5.91 Å². The highest BCUT2D eigenvalue weighted by atomic mass is 16.2. The summed E-state index contributed by atoms with van der Waals surface area (Å²) >= 11 is 0. The average Bonchev–Trinajstić information content (AvgIpc) is 2.15. The summed E-state index contributed by atoms with van der Waals surface area (Å²) in [4.78, 5) is 12.8. The van der Waals surface area contributed by atoms with Gasteiger partial charge in [-0.2, -0.15) is 0 Å². The maximum atomic E-state index is 11.0. The van der Waals surface area contributed by atoms with Gasteiger partial charge in [0, 0.05) is 25.2 Å². The minimum absolute atomic E-state index is 0.247. The average molecular weight is 176 g/mol. The van der Waals surface area contributed by atoms with Crippen molar-refractivity contribution in [3.05, 3.63) is 29.8 Å². The number of hydrogen-bond donors (Lipinski definition) is 1. The number of carbonyl (C=O) groups excluding carboxylic acids is 1. The second kappa shape index (κ2) is 3.09. The molecule has 1 aromatic rings. The molecule has 0 spiro atoms. The molecule has 0 aliphatic carbocycles. The summed E-state index contributed by atoms with van der Waals surface area (Å²) in [6.45, 7) is 1.61. The first-order valence-electron chi connectivity index (χ1n) is 4.38. The van der Waals surface area contributed by atoms with Crippen molar-refractivity contribution < 1.29 is 4.79 Å². The number of hydrogen-bond acceptors (Lipinski definition) is 2. The van der Waals surface area contributed by atoms with E-state index < -0.39 is 0 Å². The zero-order chi connectivity index (χ0) is 9.26. The molecule has 1 heterocycles. The van der Waals surface area contributed by atoms with Crippen LogP contribution in [0.5, 0.6) is 0 Å². The first-order valence-corrected chi connectivity index (χ1v) is 4.38. The van der Waals surface area contributed by atoms with E-state index in [9.17, 15) is 4.79 Å². The molecule has 1 aliphatic rings. The molecule has 1 aliphatic heterocycles. The van der Waals surface area contributed by atoms with Crippen LogP contribution in [0.25, 0.3) is 0 Å². The van der Waals surface area contributed by atoms with Gasteiger partial charge in [0.25, 0.3) is 0 Å². The van der Waals surface area contributed by atoms with Crippen LogP contribution in [0.4, 0.5) is 5.69 Å². The molecular weight excluding hydrogens is 164 g/mol. The second-order valence-electron chi connectivity index (χ2n) is 3.31. The molecule has 0 bridgehead atoms. The minimum atomic E-state index is 0.247. The second-order valence-corrected chi connectivity index (χ2v) is 3.31. The van der Waals surface area contributed by atoms with Crippen molar-refractivity contribution in [2.45, 2.75) is 13.0 Å². The van der Waals surface area contributed by atoms with Gasteiger partial charge < -0.3 is 10.6 Å². The van der Waals surface area contributed by atoms with Gasteiger partial charge in [0.15, 0.2) is 0 Å². The molecular formula is C10H12N2O. The van der Waals surface area contributed by atoms with Crippen molar-refractivity contribution in [2.24, 2.45) is 0 Å². The summed E-state index contributed by atoms with van der Waals surface area (Å²) in [6.07, 6.45) is 0.703. The van der Waals surface area contributed by atoms with Gasteiger partial charge in [0.1, 0.15) is 0 Å². The highest BCUT2D eigenvalue weighted by molar-refractivity contribution is 5.81. The fourth-order valence-electron chi connectivity index (χ4n) is 1.37. The number of anilines is 1. The smallest absolute Gasteiger partial charge is 0.224 e. The van der Waals surface area contributed by atoms with Gasteiger partial charge >= 0.3 is 0 Å². The Labute approximate surface area is 77.1 Å². The SMILES string of the molecule is Nc1ccc(CN2CCC2=O)cc1. The van der Waals surface area contributed by atoms with E-state index in [1.807, 2.05) is 29.2 Å². The van der Waals surface area contributed by atoms with E-state index in [1.54, 1.807) is 0 Å². The van der Waals surface area contributed by atoms with Crippen molar-refractivity contribution in [3.63, 3.8) is 0 Å². The number of nitrogens with zero attached hydrogens (tertiary/aromatic N) is 1. The zero-order valence-corrected chi connectivity index (χ0v) is 7.36. The lowest BCUT2D eigenvalue weighted by atomic mass is 10.1. The molecule has 13 heavy (non-hydrogen) atoms. The van der Waals surface area contributed by atoms with E-state index >= 15 is 0 Å². The van der Waals surface area contributed by atoms with E-state index in [2.05, 4.69) is 0 Å². The van der Waals surface area contributed by atoms with E-state index in [1.165, 1.54) is 0 Å². The number of benzene rings is 1. The fourth-order valence-corrected chi connectivity index (χ4v) is 1.37. The highest BCUT2D eigenvalue weighted by Gasteiger charge is 2.22. The number of nitrogen functional groups attached to an aromatic ring is 1. The van der Waals surface area contributed by atoms with E-state index in [0.717, 1.165) is 24.3 Å². The van der Waals surface area contributed by atoms with Crippen molar-refractivity contribution >= 4 is 11.6 Å². The third-order valence-corrected chi connectivity index (χ3v) is 2.30. The Kier molecular flexibility index (Phi) is 1.93. The Hall–Kier alpha value is -1.51. The maximum absolute atomic E-state index is 11.0. The van der Waals surface area contributed by atoms with Gasteiger partial charge in [-0.15, -0.1) is 0 Å². The Morgan fingerprint density at radius 2 is 2.00 bits per heavy atom. The molecule has 3 nitrogen and oxygen atoms in total. The molecule has 0 radical (unpaired) electrons. The first kappa shape index (κ1) is 8.10. The number of nitrogens with two attached hydrogens (primary N) is 1. The van der Waals surface area contributed by atoms with Crippen molar-refractivity contribution in [1.29, 1.82) is 0 Å². The van der Waals surface area contributed by atoms with Crippen LogP contribution in [-0.4, -0.2) is 17.4 Å². The van der Waals surface area contributed by atoms with Gasteiger partial charge in [-0.3, -0.25) is 4.79 Å². The zero-order valence-electron chi connectivity index (χ0n) is 7.36. The quantitative estimate of drug-likeness (QED) is 0.539. The largest absolute Gasteiger partial charge is 0.399 e. The summed E-state index contributed by atoms with van der Waals surface area (Å²) in [6, 6.07) is 7.64. The summed E-state index contributed by atoms with van der Waals surface area (Å²) in [5.41, 5.74) is 7.45. The van der Waals surface area contributed by atoms with Gasteiger partial charge in [0.05, 0.1) is 0 Å². The van der Waals surface area contributed by atoms with Crippen molar-refractivity contribution in [2.75, 3.05) is 12.3 Å². The lowest BCUT2D eigenvalue weighted by Crippen LogP contribution is -2.42. The Morgan fingerprint density at radius 1 is 1.31 bits per heavy atom. The molecule has 1 amide bonds. The number of likely N-dealkylation sites (tertiary alicyclic amines) is 1. The lowest BCUT2D eigenvalue weighted by Gasteiger charge is -2.30. The normalized spacial score (nSPS) is 15.7. The van der Waals surface area contributed by atoms with E-state index in [-0.39, 0.29) is 5.91 Å². The van der Waals surface area contributed by atoms with Crippen LogP contribution in [0.3, 0.4) is 0 Å². The standard InChI is InChI=1S/C10H12N2O/c11-9-3-1-8(2-4-9)7-12-6-5-10(12)13/h1-4H,5-7,11H2. The number of β-lactam (4-membered cyclic amide) rings is 1. The summed E-state index contributed by atoms with van der Waals surface area (Å²) in [5.74, 6) is 0.247. The monoisotopic (exact) mass is 176 g/mol. The number of amides is 1. The fraction of sp³-hybridized carbons (Fsp3) is 0.300. The predicted molar refractivity (Wildman–Crippen MR) is 50.9 cm³/mol. The number of carbonyl (C=O) groups is 1. The summed E-state index contributed by atoms with van der Waals surface area (Å²) in [7, 11) is 0. The Morgan fingerprint density at radius 3 is 2.46 bits per heavy atom. The molecule has 1 saturated heterocycles. The van der Waals surface area contributed by atoms with Crippen molar-refractivity contribution in [3.8, 4) is 0 Å². The molecule has 2 N–H and O–H groups in total. The lowest BCUT2D eigenvalue weighted by molar-refractivity contribution is -0.140. The predicted octanol–water partition coefficient (Wildman–Crippen LogP) is 1.00. The topological polar surface area (TPSA) is 46.3 Å². The summed E-state index contributed by atoms with van der Waals surface area (Å²) < 4.78 is 0. The molecule has 0 atom stereocenters. The molecule has 3 heteroatoms. The first-order chi connectivity index (χ1) is 6.25. The van der Waals surface area contributed by atoms with E-state index in [0.29, 0.717) is 6.42 Å².